The summed E-state index contributed by atoms with van der Waals surface area (Å²) in [6.45, 7) is 2.46. The van der Waals surface area contributed by atoms with E-state index in [0.29, 0.717) is 25.9 Å². The molecule has 82 valence electrons. The van der Waals surface area contributed by atoms with E-state index >= 15 is 0 Å². The van der Waals surface area contributed by atoms with E-state index in [0.717, 1.165) is 12.8 Å². The fraction of sp³-hybridized carbons (Fsp3) is 0.909. The molecule has 0 heterocycles. The first-order chi connectivity index (χ1) is 6.60. The van der Waals surface area contributed by atoms with Crippen molar-refractivity contribution in [3.05, 3.63) is 0 Å². The highest BCUT2D eigenvalue weighted by atomic mass is 16.5. The minimum atomic E-state index is -1.02. The Morgan fingerprint density at radius 2 is 2.07 bits per heavy atom. The van der Waals surface area contributed by atoms with Crippen molar-refractivity contribution in [1.29, 1.82) is 0 Å². The summed E-state index contributed by atoms with van der Waals surface area (Å²) < 4.78 is 4.92. The van der Waals surface area contributed by atoms with Gasteiger partial charge in [-0.15, -0.1) is 0 Å². The SMILES string of the molecule is COCCC(C)C(=O)C1(O)CCCC1. The first-order valence-electron chi connectivity index (χ1n) is 5.36. The maximum Gasteiger partial charge on any atom is 0.167 e. The van der Waals surface area contributed by atoms with Crippen molar-refractivity contribution >= 4 is 5.78 Å². The van der Waals surface area contributed by atoms with Crippen LogP contribution in [0.4, 0.5) is 0 Å². The summed E-state index contributed by atoms with van der Waals surface area (Å²) >= 11 is 0. The number of rotatable bonds is 5. The molecule has 3 nitrogen and oxygen atoms in total. The van der Waals surface area contributed by atoms with Crippen molar-refractivity contribution in [2.75, 3.05) is 13.7 Å². The highest BCUT2D eigenvalue weighted by Gasteiger charge is 2.40. The lowest BCUT2D eigenvalue weighted by Gasteiger charge is -2.24. The second-order valence-corrected chi connectivity index (χ2v) is 4.29. The van der Waals surface area contributed by atoms with Crippen LogP contribution >= 0.6 is 0 Å². The Morgan fingerprint density at radius 3 is 2.57 bits per heavy atom. The summed E-state index contributed by atoms with van der Waals surface area (Å²) in [6, 6.07) is 0. The van der Waals surface area contributed by atoms with E-state index < -0.39 is 5.60 Å². The molecule has 1 atom stereocenters. The molecular formula is C11H20O3. The Balaban J connectivity index is 2.46. The van der Waals surface area contributed by atoms with Gasteiger partial charge in [-0.2, -0.15) is 0 Å². The first kappa shape index (κ1) is 11.7. The zero-order valence-corrected chi connectivity index (χ0v) is 9.08. The van der Waals surface area contributed by atoms with Gasteiger partial charge in [0, 0.05) is 19.6 Å². The van der Waals surface area contributed by atoms with E-state index in [9.17, 15) is 9.90 Å². The zero-order chi connectivity index (χ0) is 10.6. The molecule has 3 heteroatoms. The minimum Gasteiger partial charge on any atom is -0.385 e. The molecule has 14 heavy (non-hydrogen) atoms. The van der Waals surface area contributed by atoms with Gasteiger partial charge in [-0.3, -0.25) is 4.79 Å². The quantitative estimate of drug-likeness (QED) is 0.732. The van der Waals surface area contributed by atoms with E-state index in [4.69, 9.17) is 4.74 Å². The Bertz CT molecular complexity index is 195. The Hall–Kier alpha value is -0.410. The molecule has 1 fully saturated rings. The molecule has 0 radical (unpaired) electrons. The molecule has 1 rings (SSSR count). The van der Waals surface area contributed by atoms with Gasteiger partial charge in [0.2, 0.25) is 0 Å². The van der Waals surface area contributed by atoms with Gasteiger partial charge in [-0.05, 0) is 32.1 Å². The summed E-state index contributed by atoms with van der Waals surface area (Å²) in [6.07, 6.45) is 3.93. The third kappa shape index (κ3) is 2.55. The highest BCUT2D eigenvalue weighted by molar-refractivity contribution is 5.89. The Labute approximate surface area is 85.5 Å². The summed E-state index contributed by atoms with van der Waals surface area (Å²) in [4.78, 5) is 11.9. The topological polar surface area (TPSA) is 46.5 Å². The third-order valence-electron chi connectivity index (χ3n) is 3.09. The van der Waals surface area contributed by atoms with Crippen LogP contribution in [0, 0.1) is 5.92 Å². The van der Waals surface area contributed by atoms with Gasteiger partial charge in [0.25, 0.3) is 0 Å². The average Bonchev–Trinajstić information content (AvgIpc) is 2.61. The van der Waals surface area contributed by atoms with Crippen molar-refractivity contribution in [3.8, 4) is 0 Å². The molecule has 1 aliphatic carbocycles. The molecule has 0 aliphatic heterocycles. The van der Waals surface area contributed by atoms with Crippen molar-refractivity contribution in [3.63, 3.8) is 0 Å². The highest BCUT2D eigenvalue weighted by Crippen LogP contribution is 2.32. The maximum absolute atomic E-state index is 11.9. The summed E-state index contributed by atoms with van der Waals surface area (Å²) in [5, 5.41) is 10.0. The second-order valence-electron chi connectivity index (χ2n) is 4.29. The summed E-state index contributed by atoms with van der Waals surface area (Å²) in [5.41, 5.74) is -1.02. The standard InChI is InChI=1S/C11H20O3/c1-9(5-8-14-2)10(12)11(13)6-3-4-7-11/h9,13H,3-8H2,1-2H3. The predicted octanol–water partition coefficient (Wildman–Crippen LogP) is 1.53. The van der Waals surface area contributed by atoms with Crippen molar-refractivity contribution < 1.29 is 14.6 Å². The molecule has 0 aromatic rings. The molecular weight excluding hydrogens is 180 g/mol. The van der Waals surface area contributed by atoms with Crippen LogP contribution in [0.25, 0.3) is 0 Å². The molecule has 0 saturated heterocycles. The number of hydrogen-bond acceptors (Lipinski definition) is 3. The number of aliphatic hydroxyl groups is 1. The van der Waals surface area contributed by atoms with Gasteiger partial charge in [-0.1, -0.05) is 6.92 Å². The van der Waals surface area contributed by atoms with Crippen molar-refractivity contribution in [2.24, 2.45) is 5.92 Å². The molecule has 1 N–H and O–H groups in total. The van der Waals surface area contributed by atoms with E-state index in [1.165, 1.54) is 0 Å². The van der Waals surface area contributed by atoms with Gasteiger partial charge in [0.05, 0.1) is 0 Å². The lowest BCUT2D eigenvalue weighted by atomic mass is 9.87. The lowest BCUT2D eigenvalue weighted by molar-refractivity contribution is -0.141. The van der Waals surface area contributed by atoms with Crippen LogP contribution < -0.4 is 0 Å². The normalized spacial score (nSPS) is 22.2. The summed E-state index contributed by atoms with van der Waals surface area (Å²) in [5.74, 6) is -0.0786. The van der Waals surface area contributed by atoms with Crippen molar-refractivity contribution in [2.45, 2.75) is 44.6 Å². The minimum absolute atomic E-state index is 0.00653. The van der Waals surface area contributed by atoms with E-state index in [1.807, 2.05) is 6.92 Å². The molecule has 0 aromatic heterocycles. The van der Waals surface area contributed by atoms with Gasteiger partial charge >= 0.3 is 0 Å². The Kier molecular flexibility index (Phi) is 4.08. The number of ether oxygens (including phenoxy) is 1. The predicted molar refractivity (Wildman–Crippen MR) is 54.1 cm³/mol. The van der Waals surface area contributed by atoms with Gasteiger partial charge in [0.15, 0.2) is 5.78 Å². The fourth-order valence-electron chi connectivity index (χ4n) is 2.09. The smallest absolute Gasteiger partial charge is 0.167 e. The van der Waals surface area contributed by atoms with Gasteiger partial charge in [-0.25, -0.2) is 0 Å². The molecule has 1 aliphatic rings. The van der Waals surface area contributed by atoms with E-state index in [-0.39, 0.29) is 11.7 Å². The number of hydrogen-bond donors (Lipinski definition) is 1. The third-order valence-corrected chi connectivity index (χ3v) is 3.09. The number of carbonyl (C=O) groups is 1. The number of ketones is 1. The first-order valence-corrected chi connectivity index (χ1v) is 5.36. The molecule has 0 amide bonds. The monoisotopic (exact) mass is 200 g/mol. The van der Waals surface area contributed by atoms with Crippen LogP contribution in [0.5, 0.6) is 0 Å². The van der Waals surface area contributed by atoms with Crippen LogP contribution in [0.1, 0.15) is 39.0 Å². The lowest BCUT2D eigenvalue weighted by Crippen LogP contribution is -2.39. The molecule has 1 unspecified atom stereocenters. The molecule has 0 spiro atoms. The summed E-state index contributed by atoms with van der Waals surface area (Å²) in [7, 11) is 1.63. The fourth-order valence-corrected chi connectivity index (χ4v) is 2.09. The van der Waals surface area contributed by atoms with Crippen LogP contribution in [-0.4, -0.2) is 30.2 Å². The van der Waals surface area contributed by atoms with Crippen LogP contribution in [-0.2, 0) is 9.53 Å². The number of carbonyl (C=O) groups excluding carboxylic acids is 1. The number of methoxy groups -OCH3 is 1. The van der Waals surface area contributed by atoms with Gasteiger partial charge < -0.3 is 9.84 Å². The van der Waals surface area contributed by atoms with E-state index in [1.54, 1.807) is 7.11 Å². The van der Waals surface area contributed by atoms with Crippen LogP contribution in [0.15, 0.2) is 0 Å². The number of Topliss-reactive ketones (excluding diaryl/α,β-unsaturated/α-hetero) is 1. The van der Waals surface area contributed by atoms with Crippen LogP contribution in [0.3, 0.4) is 0 Å². The average molecular weight is 200 g/mol. The van der Waals surface area contributed by atoms with Crippen molar-refractivity contribution in [1.82, 2.24) is 0 Å². The Morgan fingerprint density at radius 1 is 1.50 bits per heavy atom. The van der Waals surface area contributed by atoms with Crippen LogP contribution in [0.2, 0.25) is 0 Å². The second kappa shape index (κ2) is 4.89. The van der Waals surface area contributed by atoms with Gasteiger partial charge in [0.1, 0.15) is 5.60 Å². The zero-order valence-electron chi connectivity index (χ0n) is 9.08. The maximum atomic E-state index is 11.9. The van der Waals surface area contributed by atoms with E-state index in [2.05, 4.69) is 0 Å². The molecule has 0 bridgehead atoms. The molecule has 0 aromatic carbocycles. The largest absolute Gasteiger partial charge is 0.385 e. The molecule has 1 saturated carbocycles.